The van der Waals surface area contributed by atoms with Crippen molar-refractivity contribution >= 4 is 5.69 Å². The van der Waals surface area contributed by atoms with Crippen LogP contribution in [0.2, 0.25) is 0 Å². The maximum absolute atomic E-state index is 13.0. The van der Waals surface area contributed by atoms with Crippen molar-refractivity contribution in [3.05, 3.63) is 65.0 Å². The van der Waals surface area contributed by atoms with E-state index in [1.807, 2.05) is 12.1 Å². The molecule has 0 spiro atoms. The number of nitrogens with zero attached hydrogens (tertiary/aromatic N) is 2. The summed E-state index contributed by atoms with van der Waals surface area (Å²) in [6.45, 7) is 6.79. The van der Waals surface area contributed by atoms with E-state index in [-0.39, 0.29) is 5.82 Å². The van der Waals surface area contributed by atoms with E-state index < -0.39 is 0 Å². The minimum atomic E-state index is -0.148. The smallest absolute Gasteiger partial charge is 0.123 e. The zero-order chi connectivity index (χ0) is 19.2. The first-order valence-electron chi connectivity index (χ1n) is 10.1. The van der Waals surface area contributed by atoms with Crippen molar-refractivity contribution in [2.45, 2.75) is 38.6 Å². The fourth-order valence-corrected chi connectivity index (χ4v) is 4.29. The van der Waals surface area contributed by atoms with Gasteiger partial charge in [-0.2, -0.15) is 0 Å². The molecule has 0 radical (unpaired) electrons. The Bertz CT molecular complexity index is 721. The van der Waals surface area contributed by atoms with Crippen LogP contribution in [0.15, 0.2) is 42.5 Å². The summed E-state index contributed by atoms with van der Waals surface area (Å²) in [5.74, 6) is -0.148. The molecule has 0 atom stereocenters. The molecular formula is C23H32FN3. The van der Waals surface area contributed by atoms with E-state index in [1.54, 1.807) is 12.1 Å². The number of hydrogen-bond acceptors (Lipinski definition) is 3. The van der Waals surface area contributed by atoms with Gasteiger partial charge in [0.15, 0.2) is 0 Å². The minimum absolute atomic E-state index is 0.148. The van der Waals surface area contributed by atoms with Gasteiger partial charge in [0.05, 0.1) is 0 Å². The number of hydrogen-bond donors (Lipinski definition) is 1. The predicted molar refractivity (Wildman–Crippen MR) is 112 cm³/mol. The molecule has 3 nitrogen and oxygen atoms in total. The number of nitrogens with two attached hydrogens (primary N) is 1. The number of halogens is 1. The number of likely N-dealkylation sites (tertiary alicyclic amines) is 1. The number of fused-ring (bicyclic) bond motifs is 1. The van der Waals surface area contributed by atoms with Gasteiger partial charge in [0.2, 0.25) is 0 Å². The lowest BCUT2D eigenvalue weighted by atomic mass is 10.0. The van der Waals surface area contributed by atoms with E-state index in [1.165, 1.54) is 68.3 Å². The fourth-order valence-electron chi connectivity index (χ4n) is 4.29. The van der Waals surface area contributed by atoms with E-state index in [9.17, 15) is 4.39 Å². The highest BCUT2D eigenvalue weighted by Gasteiger charge is 2.29. The lowest BCUT2D eigenvalue weighted by Gasteiger charge is -2.38. The van der Waals surface area contributed by atoms with Crippen LogP contribution < -0.4 is 10.6 Å². The lowest BCUT2D eigenvalue weighted by Crippen LogP contribution is -2.45. The maximum atomic E-state index is 13.0. The second-order valence-corrected chi connectivity index (χ2v) is 7.52. The normalized spacial score (nSPS) is 17.4. The number of aryl methyl sites for hydroxylation is 1. The predicted octanol–water partition coefficient (Wildman–Crippen LogP) is 3.78. The topological polar surface area (TPSA) is 32.5 Å². The number of piperidine rings is 1. The van der Waals surface area contributed by atoms with Crippen LogP contribution in [-0.2, 0) is 12.8 Å². The van der Waals surface area contributed by atoms with Gasteiger partial charge in [-0.05, 0) is 74.5 Å². The molecule has 1 saturated heterocycles. The summed E-state index contributed by atoms with van der Waals surface area (Å²) in [5, 5.41) is 0. The molecule has 4 rings (SSSR count). The van der Waals surface area contributed by atoms with Gasteiger partial charge < -0.3 is 15.5 Å². The lowest BCUT2D eigenvalue weighted by molar-refractivity contribution is 0.212. The third-order valence-corrected chi connectivity index (χ3v) is 5.80. The molecule has 0 aliphatic carbocycles. The summed E-state index contributed by atoms with van der Waals surface area (Å²) >= 11 is 0. The summed E-state index contributed by atoms with van der Waals surface area (Å²) in [6, 6.07) is 14.5. The first-order chi connectivity index (χ1) is 13.2. The fraction of sp³-hybridized carbons (Fsp3) is 0.478. The van der Waals surface area contributed by atoms with E-state index in [2.05, 4.69) is 40.7 Å². The highest BCUT2D eigenvalue weighted by atomic mass is 19.1. The van der Waals surface area contributed by atoms with Gasteiger partial charge in [-0.3, -0.25) is 0 Å². The van der Waals surface area contributed by atoms with E-state index in [0.717, 1.165) is 13.0 Å². The van der Waals surface area contributed by atoms with Crippen LogP contribution in [-0.4, -0.2) is 44.2 Å². The average molecular weight is 370 g/mol. The number of anilines is 1. The molecule has 2 aliphatic rings. The summed E-state index contributed by atoms with van der Waals surface area (Å²) < 4.78 is 13.0. The molecule has 0 saturated carbocycles. The monoisotopic (exact) mass is 369 g/mol. The molecule has 0 amide bonds. The van der Waals surface area contributed by atoms with Crippen LogP contribution >= 0.6 is 0 Å². The van der Waals surface area contributed by atoms with E-state index >= 15 is 0 Å². The Morgan fingerprint density at radius 1 is 1.00 bits per heavy atom. The summed E-state index contributed by atoms with van der Waals surface area (Å²) in [4.78, 5) is 5.22. The van der Waals surface area contributed by atoms with Crippen LogP contribution in [0.25, 0.3) is 0 Å². The van der Waals surface area contributed by atoms with Gasteiger partial charge in [-0.1, -0.05) is 24.3 Å². The Balaban J connectivity index is 0.00000102. The van der Waals surface area contributed by atoms with Crippen molar-refractivity contribution in [3.63, 3.8) is 0 Å². The first kappa shape index (κ1) is 19.8. The molecule has 2 heterocycles. The Morgan fingerprint density at radius 2 is 1.70 bits per heavy atom. The van der Waals surface area contributed by atoms with Gasteiger partial charge in [0, 0.05) is 37.9 Å². The average Bonchev–Trinajstić information content (AvgIpc) is 3.12. The quantitative estimate of drug-likeness (QED) is 0.890. The Morgan fingerprint density at radius 3 is 2.41 bits per heavy atom. The van der Waals surface area contributed by atoms with Gasteiger partial charge in [0.25, 0.3) is 0 Å². The largest absolute Gasteiger partial charge is 0.368 e. The van der Waals surface area contributed by atoms with Gasteiger partial charge in [-0.25, -0.2) is 4.39 Å². The molecule has 1 fully saturated rings. The number of rotatable bonds is 4. The zero-order valence-electron chi connectivity index (χ0n) is 16.6. The SMILES string of the molecule is CN.Cc1ccc2c(c1)N(C1CCN(CCc3ccc(F)cc3)CC1)CC2. The zero-order valence-corrected chi connectivity index (χ0v) is 16.6. The molecule has 2 aliphatic heterocycles. The van der Waals surface area contributed by atoms with Gasteiger partial charge in [-0.15, -0.1) is 0 Å². The van der Waals surface area contributed by atoms with Crippen molar-refractivity contribution in [1.29, 1.82) is 0 Å². The van der Waals surface area contributed by atoms with Crippen molar-refractivity contribution in [3.8, 4) is 0 Å². The van der Waals surface area contributed by atoms with Crippen molar-refractivity contribution in [2.24, 2.45) is 5.73 Å². The summed E-state index contributed by atoms with van der Waals surface area (Å²) in [7, 11) is 1.50. The van der Waals surface area contributed by atoms with Crippen molar-refractivity contribution < 1.29 is 4.39 Å². The first-order valence-corrected chi connectivity index (χ1v) is 10.1. The van der Waals surface area contributed by atoms with Crippen molar-refractivity contribution in [1.82, 2.24) is 4.90 Å². The van der Waals surface area contributed by atoms with Crippen LogP contribution in [0.4, 0.5) is 10.1 Å². The number of benzene rings is 2. The van der Waals surface area contributed by atoms with Crippen LogP contribution in [0.1, 0.15) is 29.5 Å². The Hall–Kier alpha value is -1.91. The third kappa shape index (κ3) is 4.88. The van der Waals surface area contributed by atoms with E-state index in [4.69, 9.17) is 0 Å². The third-order valence-electron chi connectivity index (χ3n) is 5.80. The second-order valence-electron chi connectivity index (χ2n) is 7.52. The Labute approximate surface area is 163 Å². The molecule has 4 heteroatoms. The minimum Gasteiger partial charge on any atom is -0.368 e. The highest BCUT2D eigenvalue weighted by Crippen LogP contribution is 2.33. The molecule has 146 valence electrons. The molecule has 2 N–H and O–H groups in total. The van der Waals surface area contributed by atoms with Crippen LogP contribution in [0, 0.1) is 12.7 Å². The molecule has 2 aromatic carbocycles. The standard InChI is InChI=1S/C22H27FN2.CH5N/c1-17-2-5-19-9-15-25(22(19)16-17)21-10-13-24(14-11-21)12-8-18-3-6-20(23)7-4-18;1-2/h2-7,16,21H,8-15H2,1H3;2H2,1H3. The van der Waals surface area contributed by atoms with Crippen LogP contribution in [0.3, 0.4) is 0 Å². The van der Waals surface area contributed by atoms with Crippen LogP contribution in [0.5, 0.6) is 0 Å². The van der Waals surface area contributed by atoms with Gasteiger partial charge >= 0.3 is 0 Å². The Kier molecular flexibility index (Phi) is 6.86. The molecular weight excluding hydrogens is 337 g/mol. The molecule has 0 aromatic heterocycles. The van der Waals surface area contributed by atoms with E-state index in [0.29, 0.717) is 6.04 Å². The molecule has 0 bridgehead atoms. The molecule has 2 aromatic rings. The maximum Gasteiger partial charge on any atom is 0.123 e. The highest BCUT2D eigenvalue weighted by molar-refractivity contribution is 5.60. The summed E-state index contributed by atoms with van der Waals surface area (Å²) in [5.41, 5.74) is 10.1. The molecule has 0 unspecified atom stereocenters. The molecule has 27 heavy (non-hydrogen) atoms. The van der Waals surface area contributed by atoms with Gasteiger partial charge in [0.1, 0.15) is 5.82 Å². The summed E-state index contributed by atoms with van der Waals surface area (Å²) in [6.07, 6.45) is 4.70. The van der Waals surface area contributed by atoms with Crippen molar-refractivity contribution in [2.75, 3.05) is 38.1 Å². The second kappa shape index (κ2) is 9.34.